The number of hydrogen-bond acceptors (Lipinski definition) is 4. The maximum atomic E-state index is 13.0. The fraction of sp³-hybridized carbons (Fsp3) is 0.500. The highest BCUT2D eigenvalue weighted by Gasteiger charge is 2.38. The first-order valence-electron chi connectivity index (χ1n) is 8.42. The van der Waals surface area contributed by atoms with E-state index in [2.05, 4.69) is 19.0 Å². The van der Waals surface area contributed by atoms with E-state index in [1.807, 2.05) is 25.1 Å². The smallest absolute Gasteiger partial charge is 0.243 e. The summed E-state index contributed by atoms with van der Waals surface area (Å²) in [5, 5.41) is 3.89. The molecule has 0 amide bonds. The Bertz CT molecular complexity index is 794. The monoisotopic (exact) mass is 348 g/mol. The maximum Gasteiger partial charge on any atom is 0.243 e. The molecule has 1 aliphatic rings. The highest BCUT2D eigenvalue weighted by Crippen LogP contribution is 2.36. The molecule has 0 saturated carbocycles. The van der Waals surface area contributed by atoms with Crippen LogP contribution in [0.1, 0.15) is 49.7 Å². The Morgan fingerprint density at radius 1 is 1.29 bits per heavy atom. The van der Waals surface area contributed by atoms with Gasteiger partial charge in [-0.15, -0.1) is 0 Å². The van der Waals surface area contributed by atoms with Gasteiger partial charge in [-0.1, -0.05) is 31.1 Å². The van der Waals surface area contributed by atoms with Crippen LogP contribution in [0.25, 0.3) is 0 Å². The molecule has 1 aliphatic heterocycles. The van der Waals surface area contributed by atoms with Crippen molar-refractivity contribution in [2.75, 3.05) is 6.54 Å². The molecule has 0 N–H and O–H groups in total. The lowest BCUT2D eigenvalue weighted by atomic mass is 10.0. The minimum Gasteiger partial charge on any atom is -0.359 e. The predicted octanol–water partition coefficient (Wildman–Crippen LogP) is 3.71. The van der Waals surface area contributed by atoms with Crippen LogP contribution in [0.4, 0.5) is 0 Å². The molecule has 1 saturated heterocycles. The van der Waals surface area contributed by atoms with Gasteiger partial charge in [0.05, 0.1) is 16.6 Å². The predicted molar refractivity (Wildman–Crippen MR) is 92.1 cm³/mol. The molecular weight excluding hydrogens is 324 g/mol. The van der Waals surface area contributed by atoms with Crippen molar-refractivity contribution in [2.45, 2.75) is 51.0 Å². The SMILES string of the molecule is Cc1cc([C@H]2CCCN2S(=O)(=O)c2ccc(CC(C)C)cc2)on1. The van der Waals surface area contributed by atoms with Gasteiger partial charge in [-0.2, -0.15) is 4.31 Å². The molecule has 1 atom stereocenters. The van der Waals surface area contributed by atoms with Crippen molar-refractivity contribution in [2.24, 2.45) is 5.92 Å². The average molecular weight is 348 g/mol. The van der Waals surface area contributed by atoms with E-state index in [0.29, 0.717) is 23.1 Å². The molecule has 130 valence electrons. The lowest BCUT2D eigenvalue weighted by Crippen LogP contribution is -2.30. The van der Waals surface area contributed by atoms with Crippen LogP contribution < -0.4 is 0 Å². The van der Waals surface area contributed by atoms with E-state index in [-0.39, 0.29) is 6.04 Å². The van der Waals surface area contributed by atoms with Crippen molar-refractivity contribution in [3.63, 3.8) is 0 Å². The summed E-state index contributed by atoms with van der Waals surface area (Å²) >= 11 is 0. The molecule has 0 aliphatic carbocycles. The summed E-state index contributed by atoms with van der Waals surface area (Å²) in [5.74, 6) is 1.18. The van der Waals surface area contributed by atoms with E-state index in [1.165, 1.54) is 0 Å². The van der Waals surface area contributed by atoms with Gasteiger partial charge in [0.15, 0.2) is 5.76 Å². The van der Waals surface area contributed by atoms with Crippen LogP contribution in [-0.4, -0.2) is 24.4 Å². The lowest BCUT2D eigenvalue weighted by Gasteiger charge is -2.22. The van der Waals surface area contributed by atoms with Gasteiger partial charge in [0.25, 0.3) is 0 Å². The third-order valence-corrected chi connectivity index (χ3v) is 6.27. The van der Waals surface area contributed by atoms with E-state index in [0.717, 1.165) is 30.5 Å². The van der Waals surface area contributed by atoms with Crippen LogP contribution in [0.3, 0.4) is 0 Å². The minimum atomic E-state index is -3.53. The molecule has 1 fully saturated rings. The zero-order chi connectivity index (χ0) is 17.3. The topological polar surface area (TPSA) is 63.4 Å². The molecule has 2 aromatic rings. The Labute approximate surface area is 143 Å². The van der Waals surface area contributed by atoms with Gasteiger partial charge in [0.1, 0.15) is 0 Å². The largest absolute Gasteiger partial charge is 0.359 e. The third kappa shape index (κ3) is 3.39. The first-order chi connectivity index (χ1) is 11.4. The Morgan fingerprint density at radius 3 is 2.58 bits per heavy atom. The highest BCUT2D eigenvalue weighted by molar-refractivity contribution is 7.89. The molecule has 1 aromatic heterocycles. The first-order valence-corrected chi connectivity index (χ1v) is 9.86. The van der Waals surface area contributed by atoms with Gasteiger partial charge in [-0.3, -0.25) is 0 Å². The second-order valence-corrected chi connectivity index (χ2v) is 8.78. The number of sulfonamides is 1. The van der Waals surface area contributed by atoms with Crippen molar-refractivity contribution in [1.29, 1.82) is 0 Å². The summed E-state index contributed by atoms with van der Waals surface area (Å²) in [4.78, 5) is 0.346. The van der Waals surface area contributed by atoms with Gasteiger partial charge >= 0.3 is 0 Å². The third-order valence-electron chi connectivity index (χ3n) is 4.35. The Balaban J connectivity index is 1.86. The highest BCUT2D eigenvalue weighted by atomic mass is 32.2. The molecule has 1 aromatic carbocycles. The van der Waals surface area contributed by atoms with Crippen LogP contribution in [0.5, 0.6) is 0 Å². The molecule has 3 rings (SSSR count). The van der Waals surface area contributed by atoms with Crippen molar-refractivity contribution in [3.05, 3.63) is 47.3 Å². The summed E-state index contributed by atoms with van der Waals surface area (Å²) in [6.07, 6.45) is 2.54. The van der Waals surface area contributed by atoms with E-state index in [9.17, 15) is 8.42 Å². The molecule has 0 spiro atoms. The van der Waals surface area contributed by atoms with Crippen molar-refractivity contribution in [3.8, 4) is 0 Å². The summed E-state index contributed by atoms with van der Waals surface area (Å²) in [5.41, 5.74) is 1.93. The number of aromatic nitrogens is 1. The van der Waals surface area contributed by atoms with Crippen LogP contribution >= 0.6 is 0 Å². The minimum absolute atomic E-state index is 0.258. The fourth-order valence-electron chi connectivity index (χ4n) is 3.26. The molecule has 0 bridgehead atoms. The van der Waals surface area contributed by atoms with Crippen LogP contribution in [0, 0.1) is 12.8 Å². The lowest BCUT2D eigenvalue weighted by molar-refractivity contribution is 0.297. The van der Waals surface area contributed by atoms with E-state index >= 15 is 0 Å². The number of benzene rings is 1. The van der Waals surface area contributed by atoms with Gasteiger partial charge in [0.2, 0.25) is 10.0 Å². The number of aryl methyl sites for hydroxylation is 1. The van der Waals surface area contributed by atoms with E-state index < -0.39 is 10.0 Å². The number of hydrogen-bond donors (Lipinski definition) is 0. The Hall–Kier alpha value is -1.66. The molecule has 2 heterocycles. The molecule has 6 heteroatoms. The Morgan fingerprint density at radius 2 is 2.00 bits per heavy atom. The summed E-state index contributed by atoms with van der Waals surface area (Å²) in [6, 6.07) is 8.82. The number of rotatable bonds is 5. The quantitative estimate of drug-likeness (QED) is 0.826. The first kappa shape index (κ1) is 17.2. The molecule has 24 heavy (non-hydrogen) atoms. The summed E-state index contributed by atoms with van der Waals surface area (Å²) in [6.45, 7) is 6.66. The van der Waals surface area contributed by atoms with Gasteiger partial charge < -0.3 is 4.52 Å². The van der Waals surface area contributed by atoms with Crippen molar-refractivity contribution >= 4 is 10.0 Å². The Kier molecular flexibility index (Phi) is 4.78. The molecule has 0 unspecified atom stereocenters. The van der Waals surface area contributed by atoms with Gasteiger partial charge in [-0.05, 0) is 49.8 Å². The molecular formula is C18H24N2O3S. The standard InChI is InChI=1S/C18H24N2O3S/c1-13(2)11-15-6-8-16(9-7-15)24(21,22)20-10-4-5-17(20)18-12-14(3)19-23-18/h6-9,12-13,17H,4-5,10-11H2,1-3H3/t17-/m1/s1. The molecule has 0 radical (unpaired) electrons. The van der Waals surface area contributed by atoms with E-state index in [1.54, 1.807) is 16.4 Å². The van der Waals surface area contributed by atoms with Crippen LogP contribution in [0.2, 0.25) is 0 Å². The second kappa shape index (κ2) is 6.69. The zero-order valence-electron chi connectivity index (χ0n) is 14.4. The van der Waals surface area contributed by atoms with Gasteiger partial charge in [-0.25, -0.2) is 8.42 Å². The summed E-state index contributed by atoms with van der Waals surface area (Å²) in [7, 11) is -3.53. The number of nitrogens with zero attached hydrogens (tertiary/aromatic N) is 2. The second-order valence-electron chi connectivity index (χ2n) is 6.89. The van der Waals surface area contributed by atoms with Crippen LogP contribution in [0.15, 0.2) is 39.8 Å². The zero-order valence-corrected chi connectivity index (χ0v) is 15.2. The average Bonchev–Trinajstić information content (AvgIpc) is 3.15. The fourth-order valence-corrected chi connectivity index (χ4v) is 4.92. The van der Waals surface area contributed by atoms with Crippen LogP contribution in [-0.2, 0) is 16.4 Å². The van der Waals surface area contributed by atoms with E-state index in [4.69, 9.17) is 4.52 Å². The normalized spacial score (nSPS) is 19.2. The van der Waals surface area contributed by atoms with Gasteiger partial charge in [0, 0.05) is 12.6 Å². The molecule has 5 nitrogen and oxygen atoms in total. The maximum absolute atomic E-state index is 13.0. The summed E-state index contributed by atoms with van der Waals surface area (Å²) < 4.78 is 32.9. The van der Waals surface area contributed by atoms with Crippen molar-refractivity contribution in [1.82, 2.24) is 9.46 Å². The van der Waals surface area contributed by atoms with Crippen molar-refractivity contribution < 1.29 is 12.9 Å².